The van der Waals surface area contributed by atoms with Gasteiger partial charge < -0.3 is 10.7 Å². The zero-order valence-electron chi connectivity index (χ0n) is 9.39. The molecule has 0 aliphatic rings. The summed E-state index contributed by atoms with van der Waals surface area (Å²) in [4.78, 5) is 3.29. The fourth-order valence-electron chi connectivity index (χ4n) is 2.07. The maximum absolute atomic E-state index is 5.68. The smallest absolute Gasteiger partial charge is 0.0182 e. The minimum Gasteiger partial charge on any atom is -0.365 e. The van der Waals surface area contributed by atoms with Crippen LogP contribution >= 0.6 is 0 Å². The van der Waals surface area contributed by atoms with E-state index in [0.29, 0.717) is 5.92 Å². The lowest BCUT2D eigenvalue weighted by Crippen LogP contribution is -2.10. The second-order valence-corrected chi connectivity index (χ2v) is 4.09. The van der Waals surface area contributed by atoms with Crippen LogP contribution in [-0.2, 0) is 6.42 Å². The molecule has 0 fully saturated rings. The van der Waals surface area contributed by atoms with Gasteiger partial charge in [-0.3, -0.25) is 0 Å². The number of nitrogens with two attached hydrogens (primary N) is 1. The average Bonchev–Trinajstić information content (AvgIpc) is 2.83. The van der Waals surface area contributed by atoms with Crippen molar-refractivity contribution in [3.63, 3.8) is 0 Å². The highest BCUT2D eigenvalue weighted by Gasteiger charge is 2.11. The van der Waals surface area contributed by atoms with Crippen molar-refractivity contribution in [3.8, 4) is 0 Å². The van der Waals surface area contributed by atoms with Crippen LogP contribution in [0.15, 0.2) is 48.7 Å². The number of H-pyrrole nitrogens is 1. The van der Waals surface area contributed by atoms with Crippen LogP contribution in [0.2, 0.25) is 0 Å². The van der Waals surface area contributed by atoms with Crippen LogP contribution in [-0.4, -0.2) is 11.5 Å². The summed E-state index contributed by atoms with van der Waals surface area (Å²) in [7, 11) is 0. The third kappa shape index (κ3) is 2.74. The summed E-state index contributed by atoms with van der Waals surface area (Å²) < 4.78 is 0. The highest BCUT2D eigenvalue weighted by atomic mass is 14.7. The first-order chi connectivity index (χ1) is 7.90. The maximum Gasteiger partial charge on any atom is 0.0182 e. The van der Waals surface area contributed by atoms with E-state index in [9.17, 15) is 0 Å². The van der Waals surface area contributed by atoms with Gasteiger partial charge in [0.2, 0.25) is 0 Å². The van der Waals surface area contributed by atoms with Crippen LogP contribution in [0.3, 0.4) is 0 Å². The van der Waals surface area contributed by atoms with Gasteiger partial charge in [-0.25, -0.2) is 0 Å². The number of rotatable bonds is 5. The first-order valence-corrected chi connectivity index (χ1v) is 5.77. The molecule has 84 valence electrons. The van der Waals surface area contributed by atoms with Gasteiger partial charge in [0.1, 0.15) is 0 Å². The standard InChI is InChI=1S/C14H18N2/c15-9-8-13(14-7-4-10-16-14)11-12-5-2-1-3-6-12/h1-7,10,13,16H,8-9,11,15H2. The number of hydrogen-bond donors (Lipinski definition) is 2. The Labute approximate surface area is 96.5 Å². The molecule has 1 unspecified atom stereocenters. The average molecular weight is 214 g/mol. The predicted octanol–water partition coefficient (Wildman–Crippen LogP) is 2.69. The van der Waals surface area contributed by atoms with Gasteiger partial charge in [0.25, 0.3) is 0 Å². The van der Waals surface area contributed by atoms with Crippen molar-refractivity contribution in [3.05, 3.63) is 59.9 Å². The van der Waals surface area contributed by atoms with Gasteiger partial charge in [-0.1, -0.05) is 30.3 Å². The van der Waals surface area contributed by atoms with Crippen molar-refractivity contribution in [2.24, 2.45) is 5.73 Å². The normalized spacial score (nSPS) is 12.6. The lowest BCUT2D eigenvalue weighted by atomic mass is 9.93. The molecule has 1 aromatic heterocycles. The lowest BCUT2D eigenvalue weighted by molar-refractivity contribution is 0.616. The van der Waals surface area contributed by atoms with Gasteiger partial charge in [0, 0.05) is 17.8 Å². The largest absolute Gasteiger partial charge is 0.365 e. The highest BCUT2D eigenvalue weighted by Crippen LogP contribution is 2.22. The van der Waals surface area contributed by atoms with Crippen LogP contribution in [0.4, 0.5) is 0 Å². The second-order valence-electron chi connectivity index (χ2n) is 4.09. The van der Waals surface area contributed by atoms with Crippen molar-refractivity contribution >= 4 is 0 Å². The van der Waals surface area contributed by atoms with Crippen LogP contribution in [0.25, 0.3) is 0 Å². The molecule has 1 aromatic carbocycles. The van der Waals surface area contributed by atoms with Crippen molar-refractivity contribution in [1.29, 1.82) is 0 Å². The van der Waals surface area contributed by atoms with E-state index in [-0.39, 0.29) is 0 Å². The predicted molar refractivity (Wildman–Crippen MR) is 67.4 cm³/mol. The summed E-state index contributed by atoms with van der Waals surface area (Å²) >= 11 is 0. The summed E-state index contributed by atoms with van der Waals surface area (Å²) in [5, 5.41) is 0. The second kappa shape index (κ2) is 5.52. The van der Waals surface area contributed by atoms with Gasteiger partial charge in [-0.05, 0) is 37.1 Å². The van der Waals surface area contributed by atoms with Crippen molar-refractivity contribution in [1.82, 2.24) is 4.98 Å². The van der Waals surface area contributed by atoms with Gasteiger partial charge in [0.05, 0.1) is 0 Å². The van der Waals surface area contributed by atoms with E-state index in [2.05, 4.69) is 41.4 Å². The maximum atomic E-state index is 5.68. The van der Waals surface area contributed by atoms with E-state index >= 15 is 0 Å². The van der Waals surface area contributed by atoms with Crippen molar-refractivity contribution in [2.45, 2.75) is 18.8 Å². The Hall–Kier alpha value is -1.54. The number of hydrogen-bond acceptors (Lipinski definition) is 1. The number of aromatic amines is 1. The number of nitrogens with one attached hydrogen (secondary N) is 1. The molecule has 3 N–H and O–H groups in total. The summed E-state index contributed by atoms with van der Waals surface area (Å²) in [5.41, 5.74) is 8.33. The molecule has 1 heterocycles. The van der Waals surface area contributed by atoms with E-state index in [1.54, 1.807) is 0 Å². The molecule has 2 heteroatoms. The monoisotopic (exact) mass is 214 g/mol. The van der Waals surface area contributed by atoms with Crippen LogP contribution in [0, 0.1) is 0 Å². The molecule has 0 saturated heterocycles. The van der Waals surface area contributed by atoms with Crippen LogP contribution in [0.5, 0.6) is 0 Å². The summed E-state index contributed by atoms with van der Waals surface area (Å²) in [5.74, 6) is 0.502. The van der Waals surface area contributed by atoms with E-state index in [1.807, 2.05) is 12.3 Å². The molecule has 2 nitrogen and oxygen atoms in total. The molecule has 0 aliphatic heterocycles. The number of benzene rings is 1. The van der Waals surface area contributed by atoms with Crippen LogP contribution < -0.4 is 5.73 Å². The summed E-state index contributed by atoms with van der Waals surface area (Å²) in [6.07, 6.45) is 4.05. The lowest BCUT2D eigenvalue weighted by Gasteiger charge is -2.14. The van der Waals surface area contributed by atoms with Gasteiger partial charge in [-0.2, -0.15) is 0 Å². The Balaban J connectivity index is 2.09. The van der Waals surface area contributed by atoms with Crippen molar-refractivity contribution in [2.75, 3.05) is 6.54 Å². The summed E-state index contributed by atoms with van der Waals surface area (Å²) in [6.45, 7) is 0.733. The molecule has 0 amide bonds. The van der Waals surface area contributed by atoms with Gasteiger partial charge in [0.15, 0.2) is 0 Å². The molecular weight excluding hydrogens is 196 g/mol. The first kappa shape index (κ1) is 11.0. The molecule has 0 bridgehead atoms. The molecule has 0 radical (unpaired) electrons. The van der Waals surface area contributed by atoms with E-state index in [0.717, 1.165) is 19.4 Å². The third-order valence-electron chi connectivity index (χ3n) is 2.90. The van der Waals surface area contributed by atoms with E-state index < -0.39 is 0 Å². The zero-order valence-corrected chi connectivity index (χ0v) is 9.39. The summed E-state index contributed by atoms with van der Waals surface area (Å²) in [6, 6.07) is 14.8. The molecule has 2 aromatic rings. The Morgan fingerprint density at radius 1 is 1.06 bits per heavy atom. The molecule has 16 heavy (non-hydrogen) atoms. The fourth-order valence-corrected chi connectivity index (χ4v) is 2.07. The molecule has 0 spiro atoms. The Bertz CT molecular complexity index is 392. The Morgan fingerprint density at radius 3 is 2.50 bits per heavy atom. The molecular formula is C14H18N2. The van der Waals surface area contributed by atoms with E-state index in [1.165, 1.54) is 11.3 Å². The minimum absolute atomic E-state index is 0.502. The first-order valence-electron chi connectivity index (χ1n) is 5.77. The van der Waals surface area contributed by atoms with E-state index in [4.69, 9.17) is 5.73 Å². The van der Waals surface area contributed by atoms with Crippen molar-refractivity contribution < 1.29 is 0 Å². The SMILES string of the molecule is NCCC(Cc1ccccc1)c1ccc[nH]1. The highest BCUT2D eigenvalue weighted by molar-refractivity contribution is 5.20. The molecule has 0 saturated carbocycles. The Morgan fingerprint density at radius 2 is 1.88 bits per heavy atom. The van der Waals surface area contributed by atoms with Crippen LogP contribution in [0.1, 0.15) is 23.6 Å². The molecule has 2 rings (SSSR count). The fraction of sp³-hybridized carbons (Fsp3) is 0.286. The quantitative estimate of drug-likeness (QED) is 0.789. The number of aromatic nitrogens is 1. The Kier molecular flexibility index (Phi) is 3.78. The topological polar surface area (TPSA) is 41.8 Å². The van der Waals surface area contributed by atoms with Gasteiger partial charge >= 0.3 is 0 Å². The molecule has 0 aliphatic carbocycles. The minimum atomic E-state index is 0.502. The zero-order chi connectivity index (χ0) is 11.2. The third-order valence-corrected chi connectivity index (χ3v) is 2.90. The van der Waals surface area contributed by atoms with Gasteiger partial charge in [-0.15, -0.1) is 0 Å². The molecule has 1 atom stereocenters.